The van der Waals surface area contributed by atoms with Gasteiger partial charge in [0, 0.05) is 25.7 Å². The van der Waals surface area contributed by atoms with E-state index in [1.54, 1.807) is 30.3 Å². The number of nitrogens with one attached hydrogen (secondary N) is 1. The predicted octanol–water partition coefficient (Wildman–Crippen LogP) is 4.51. The van der Waals surface area contributed by atoms with Crippen molar-refractivity contribution in [3.63, 3.8) is 0 Å². The maximum atomic E-state index is 13.4. The van der Waals surface area contributed by atoms with Crippen LogP contribution in [0.25, 0.3) is 11.1 Å². The number of rotatable bonds is 11. The zero-order valence-electron chi connectivity index (χ0n) is 23.0. The van der Waals surface area contributed by atoms with Crippen molar-refractivity contribution in [1.29, 1.82) is 0 Å². The molecule has 3 aromatic carbocycles. The summed E-state index contributed by atoms with van der Waals surface area (Å²) in [4.78, 5) is 11.5. The number of hydrogen-bond donors (Lipinski definition) is 3. The van der Waals surface area contributed by atoms with Gasteiger partial charge in [0.05, 0.1) is 16.6 Å². The predicted molar refractivity (Wildman–Crippen MR) is 153 cm³/mol. The van der Waals surface area contributed by atoms with Gasteiger partial charge in [0.25, 0.3) is 0 Å². The summed E-state index contributed by atoms with van der Waals surface area (Å²) in [6.45, 7) is 6.31. The molecule has 1 aliphatic rings. The maximum Gasteiger partial charge on any atom is 0.335 e. The number of carboxylic acids is 1. The average molecular weight is 551 g/mol. The van der Waals surface area contributed by atoms with Crippen LogP contribution < -0.4 is 5.32 Å². The van der Waals surface area contributed by atoms with Crippen LogP contribution in [0, 0.1) is 12.8 Å². The van der Waals surface area contributed by atoms with E-state index in [0.29, 0.717) is 17.0 Å². The molecule has 39 heavy (non-hydrogen) atoms. The number of aryl methyl sites for hydroxylation is 1. The van der Waals surface area contributed by atoms with Crippen LogP contribution in [0.1, 0.15) is 47.3 Å². The van der Waals surface area contributed by atoms with Crippen LogP contribution in [0.15, 0.2) is 71.6 Å². The zero-order valence-corrected chi connectivity index (χ0v) is 23.8. The van der Waals surface area contributed by atoms with Crippen molar-refractivity contribution in [2.75, 3.05) is 20.1 Å². The quantitative estimate of drug-likeness (QED) is 0.324. The lowest BCUT2D eigenvalue weighted by Crippen LogP contribution is -2.47. The Bertz CT molecular complexity index is 1430. The molecular weight excluding hydrogens is 512 g/mol. The average Bonchev–Trinajstić information content (AvgIpc) is 3.29. The van der Waals surface area contributed by atoms with Crippen molar-refractivity contribution in [2.45, 2.75) is 56.6 Å². The summed E-state index contributed by atoms with van der Waals surface area (Å²) in [5.41, 5.74) is 4.87. The number of nitrogens with zero attached hydrogens (tertiary/aromatic N) is 1. The van der Waals surface area contributed by atoms with Crippen molar-refractivity contribution < 1.29 is 23.4 Å². The largest absolute Gasteiger partial charge is 0.478 e. The Morgan fingerprint density at radius 2 is 1.72 bits per heavy atom. The minimum Gasteiger partial charge on any atom is -0.478 e. The first kappa shape index (κ1) is 29.0. The minimum absolute atomic E-state index is 0.0575. The molecule has 0 spiro atoms. The van der Waals surface area contributed by atoms with Crippen LogP contribution in [0.2, 0.25) is 0 Å². The van der Waals surface area contributed by atoms with E-state index in [0.717, 1.165) is 24.8 Å². The van der Waals surface area contributed by atoms with Gasteiger partial charge >= 0.3 is 5.97 Å². The number of carboxylic acid groups (broad SMARTS) is 1. The minimum atomic E-state index is -3.88. The molecule has 0 saturated heterocycles. The smallest absolute Gasteiger partial charge is 0.335 e. The van der Waals surface area contributed by atoms with Crippen LogP contribution >= 0.6 is 0 Å². The molecule has 0 amide bonds. The second kappa shape index (κ2) is 11.6. The molecule has 0 radical (unpaired) electrons. The molecule has 1 aliphatic carbocycles. The van der Waals surface area contributed by atoms with E-state index in [2.05, 4.69) is 43.4 Å². The summed E-state index contributed by atoms with van der Waals surface area (Å²) >= 11 is 0. The number of fused-ring (bicyclic) bond motifs is 1. The third-order valence-corrected chi connectivity index (χ3v) is 9.38. The second-order valence-corrected chi connectivity index (χ2v) is 13.4. The van der Waals surface area contributed by atoms with Crippen LogP contribution in [0.3, 0.4) is 0 Å². The molecule has 0 bridgehead atoms. The Morgan fingerprint density at radius 1 is 1.05 bits per heavy atom. The fourth-order valence-electron chi connectivity index (χ4n) is 5.51. The number of aliphatic hydroxyl groups is 1. The highest BCUT2D eigenvalue weighted by molar-refractivity contribution is 7.89. The lowest BCUT2D eigenvalue weighted by Gasteiger charge is -2.31. The van der Waals surface area contributed by atoms with Gasteiger partial charge < -0.3 is 15.5 Å². The summed E-state index contributed by atoms with van der Waals surface area (Å²) in [5, 5.41) is 23.5. The Balaban J connectivity index is 1.37. The Morgan fingerprint density at radius 3 is 2.36 bits per heavy atom. The van der Waals surface area contributed by atoms with Crippen molar-refractivity contribution >= 4 is 16.0 Å². The standard InChI is InChI=1S/C31H38N2O5S/c1-21-12-13-26(30(35)36)17-29(21)25-10-7-11-28(16-25)39(37,38)33(4)20-27(34)19-32-31(2,3)18-22-14-23-8-5-6-9-24(23)15-22/h5-13,16-17,22,27,32,34H,14-15,18-20H2,1-4H3,(H,35,36)/t27-/m1/s1. The zero-order chi connectivity index (χ0) is 28.4. The molecular formula is C31H38N2O5S. The molecule has 208 valence electrons. The molecule has 8 heteroatoms. The molecule has 7 nitrogen and oxygen atoms in total. The summed E-state index contributed by atoms with van der Waals surface area (Å²) < 4.78 is 27.9. The number of likely N-dealkylation sites (N-methyl/N-ethyl adjacent to an activating group) is 1. The Labute approximate surface area is 231 Å². The first-order valence-electron chi connectivity index (χ1n) is 13.3. The van der Waals surface area contributed by atoms with E-state index >= 15 is 0 Å². The number of hydrogen-bond acceptors (Lipinski definition) is 5. The molecule has 0 heterocycles. The van der Waals surface area contributed by atoms with Gasteiger partial charge in [-0.25, -0.2) is 13.2 Å². The van der Waals surface area contributed by atoms with Crippen molar-refractivity contribution in [1.82, 2.24) is 9.62 Å². The molecule has 4 rings (SSSR count). The number of aromatic carboxylic acids is 1. The normalized spacial score (nSPS) is 14.9. The topological polar surface area (TPSA) is 107 Å². The van der Waals surface area contributed by atoms with Gasteiger partial charge in [-0.15, -0.1) is 0 Å². The SMILES string of the molecule is Cc1ccc(C(=O)O)cc1-c1cccc(S(=O)(=O)N(C)C[C@H](O)CNC(C)(C)CC2Cc3ccccc3C2)c1. The summed E-state index contributed by atoms with van der Waals surface area (Å²) in [6.07, 6.45) is 2.19. The molecule has 1 atom stereocenters. The van der Waals surface area contributed by atoms with E-state index in [-0.39, 0.29) is 29.1 Å². The maximum absolute atomic E-state index is 13.4. The summed E-state index contributed by atoms with van der Waals surface area (Å²) in [7, 11) is -2.42. The first-order valence-corrected chi connectivity index (χ1v) is 14.7. The van der Waals surface area contributed by atoms with Crippen molar-refractivity contribution in [2.24, 2.45) is 5.92 Å². The molecule has 3 N–H and O–H groups in total. The van der Waals surface area contributed by atoms with Gasteiger partial charge in [-0.2, -0.15) is 4.31 Å². The van der Waals surface area contributed by atoms with Crippen LogP contribution in [-0.2, 0) is 22.9 Å². The highest BCUT2D eigenvalue weighted by atomic mass is 32.2. The molecule has 3 aromatic rings. The van der Waals surface area contributed by atoms with Crippen molar-refractivity contribution in [3.8, 4) is 11.1 Å². The first-order chi connectivity index (χ1) is 18.4. The highest BCUT2D eigenvalue weighted by Gasteiger charge is 2.29. The van der Waals surface area contributed by atoms with Gasteiger partial charge in [-0.3, -0.25) is 0 Å². The number of carbonyl (C=O) groups is 1. The Hall–Kier alpha value is -3.04. The number of sulfonamides is 1. The van der Waals surface area contributed by atoms with Crippen LogP contribution in [-0.4, -0.2) is 60.7 Å². The van der Waals surface area contributed by atoms with Gasteiger partial charge in [0.1, 0.15) is 0 Å². The molecule has 0 aromatic heterocycles. The van der Waals surface area contributed by atoms with E-state index in [1.807, 2.05) is 6.92 Å². The number of benzene rings is 3. The van der Waals surface area contributed by atoms with Gasteiger partial charge in [-0.1, -0.05) is 42.5 Å². The van der Waals surface area contributed by atoms with Crippen LogP contribution in [0.5, 0.6) is 0 Å². The molecule has 0 unspecified atom stereocenters. The fraction of sp³-hybridized carbons (Fsp3) is 0.387. The molecule has 0 fully saturated rings. The van der Waals surface area contributed by atoms with Crippen molar-refractivity contribution in [3.05, 3.63) is 89.0 Å². The van der Waals surface area contributed by atoms with E-state index in [1.165, 1.54) is 34.6 Å². The lowest BCUT2D eigenvalue weighted by molar-refractivity contribution is 0.0697. The third kappa shape index (κ3) is 6.94. The monoisotopic (exact) mass is 550 g/mol. The second-order valence-electron chi connectivity index (χ2n) is 11.3. The van der Waals surface area contributed by atoms with E-state index < -0.39 is 22.1 Å². The highest BCUT2D eigenvalue weighted by Crippen LogP contribution is 2.32. The van der Waals surface area contributed by atoms with E-state index in [9.17, 15) is 23.4 Å². The molecule has 0 saturated carbocycles. The molecule has 0 aliphatic heterocycles. The fourth-order valence-corrected chi connectivity index (χ4v) is 6.77. The van der Waals surface area contributed by atoms with Crippen LogP contribution in [0.4, 0.5) is 0 Å². The van der Waals surface area contributed by atoms with Gasteiger partial charge in [-0.05, 0) is 98.0 Å². The Kier molecular flexibility index (Phi) is 8.61. The number of β-amino-alcohol motifs (C(OH)–C–C–N with tert-alkyl or cyclic N) is 1. The summed E-state index contributed by atoms with van der Waals surface area (Å²) in [6, 6.07) is 19.8. The van der Waals surface area contributed by atoms with Gasteiger partial charge in [0.2, 0.25) is 10.0 Å². The lowest BCUT2D eigenvalue weighted by atomic mass is 9.88. The van der Waals surface area contributed by atoms with E-state index in [4.69, 9.17) is 0 Å². The summed E-state index contributed by atoms with van der Waals surface area (Å²) in [5.74, 6) is -0.504. The van der Waals surface area contributed by atoms with Gasteiger partial charge in [0.15, 0.2) is 0 Å². The third-order valence-electron chi connectivity index (χ3n) is 7.56. The number of aliphatic hydroxyl groups excluding tert-OH is 1.